The summed E-state index contributed by atoms with van der Waals surface area (Å²) in [6.45, 7) is 1.80. The molecular weight excluding hydrogens is 450 g/mol. The first-order valence-electron chi connectivity index (χ1n) is 10.5. The predicted octanol–water partition coefficient (Wildman–Crippen LogP) is 4.52. The van der Waals surface area contributed by atoms with Crippen molar-refractivity contribution in [3.05, 3.63) is 80.9 Å². The van der Waals surface area contributed by atoms with Gasteiger partial charge in [0.05, 0.1) is 34.5 Å². The van der Waals surface area contributed by atoms with Gasteiger partial charge in [-0.2, -0.15) is 0 Å². The third-order valence-electron chi connectivity index (χ3n) is 5.69. The number of halogens is 1. The van der Waals surface area contributed by atoms with Crippen LogP contribution >= 0.6 is 11.6 Å². The SMILES string of the molecule is CCOC(=O)C1=C(c2ccccc2)NC2=C(C1c1c(O)cccc1Cl)S(=O)(=O)CCCC2. The number of rotatable bonds is 4. The maximum absolute atomic E-state index is 13.4. The van der Waals surface area contributed by atoms with E-state index >= 15 is 0 Å². The summed E-state index contributed by atoms with van der Waals surface area (Å²) >= 11 is 6.50. The molecule has 32 heavy (non-hydrogen) atoms. The van der Waals surface area contributed by atoms with Crippen LogP contribution in [0.5, 0.6) is 5.75 Å². The fraction of sp³-hybridized carbons (Fsp3) is 0.292. The van der Waals surface area contributed by atoms with E-state index in [1.54, 1.807) is 19.1 Å². The molecule has 0 saturated carbocycles. The zero-order chi connectivity index (χ0) is 22.9. The lowest BCUT2D eigenvalue weighted by atomic mass is 9.83. The Morgan fingerprint density at radius 2 is 1.91 bits per heavy atom. The molecule has 4 rings (SSSR count). The Morgan fingerprint density at radius 3 is 2.59 bits per heavy atom. The summed E-state index contributed by atoms with van der Waals surface area (Å²) in [5.74, 6) is -1.96. The van der Waals surface area contributed by atoms with Gasteiger partial charge < -0.3 is 15.2 Å². The van der Waals surface area contributed by atoms with Gasteiger partial charge in [-0.05, 0) is 43.9 Å². The zero-order valence-corrected chi connectivity index (χ0v) is 19.2. The smallest absolute Gasteiger partial charge is 0.337 e. The number of hydrogen-bond donors (Lipinski definition) is 2. The summed E-state index contributed by atoms with van der Waals surface area (Å²) in [7, 11) is -3.73. The molecule has 1 atom stereocenters. The average molecular weight is 474 g/mol. The van der Waals surface area contributed by atoms with Gasteiger partial charge in [0.25, 0.3) is 0 Å². The minimum atomic E-state index is -3.73. The highest BCUT2D eigenvalue weighted by Crippen LogP contribution is 2.49. The van der Waals surface area contributed by atoms with Gasteiger partial charge in [0.2, 0.25) is 0 Å². The molecule has 2 aliphatic rings. The Morgan fingerprint density at radius 1 is 1.16 bits per heavy atom. The molecule has 2 aromatic carbocycles. The second kappa shape index (κ2) is 9.00. The molecule has 0 bridgehead atoms. The van der Waals surface area contributed by atoms with Crippen LogP contribution in [0.2, 0.25) is 5.02 Å². The van der Waals surface area contributed by atoms with Crippen LogP contribution in [0, 0.1) is 0 Å². The van der Waals surface area contributed by atoms with Crippen molar-refractivity contribution in [1.82, 2.24) is 5.32 Å². The highest BCUT2D eigenvalue weighted by Gasteiger charge is 2.44. The Hall–Kier alpha value is -2.77. The van der Waals surface area contributed by atoms with E-state index in [1.807, 2.05) is 30.3 Å². The second-order valence-electron chi connectivity index (χ2n) is 7.72. The highest BCUT2D eigenvalue weighted by molar-refractivity contribution is 7.95. The van der Waals surface area contributed by atoms with Crippen LogP contribution in [0.4, 0.5) is 0 Å². The first-order chi connectivity index (χ1) is 15.3. The number of aromatic hydroxyl groups is 1. The summed E-state index contributed by atoms with van der Waals surface area (Å²) in [6.07, 6.45) is 1.69. The lowest BCUT2D eigenvalue weighted by Gasteiger charge is -2.33. The Bertz CT molecular complexity index is 1200. The number of hydrogen-bond acceptors (Lipinski definition) is 6. The molecule has 2 heterocycles. The first kappa shape index (κ1) is 22.4. The quantitative estimate of drug-likeness (QED) is 0.634. The predicted molar refractivity (Wildman–Crippen MR) is 124 cm³/mol. The maximum Gasteiger partial charge on any atom is 0.337 e. The second-order valence-corrected chi connectivity index (χ2v) is 10.2. The minimum Gasteiger partial charge on any atom is -0.508 e. The number of phenolic OH excluding ortho intramolecular Hbond substituents is 1. The molecule has 0 fully saturated rings. The van der Waals surface area contributed by atoms with Crippen molar-refractivity contribution >= 4 is 33.1 Å². The van der Waals surface area contributed by atoms with E-state index in [2.05, 4.69) is 5.32 Å². The summed E-state index contributed by atoms with van der Waals surface area (Å²) in [5, 5.41) is 14.2. The largest absolute Gasteiger partial charge is 0.508 e. The number of allylic oxidation sites excluding steroid dienone is 2. The molecule has 0 saturated heterocycles. The van der Waals surface area contributed by atoms with Gasteiger partial charge in [0.15, 0.2) is 9.84 Å². The van der Waals surface area contributed by atoms with Crippen LogP contribution in [0.15, 0.2) is 64.7 Å². The van der Waals surface area contributed by atoms with E-state index in [0.717, 1.165) is 0 Å². The Balaban J connectivity index is 2.09. The third-order valence-corrected chi connectivity index (χ3v) is 8.00. The summed E-state index contributed by atoms with van der Waals surface area (Å²) in [4.78, 5) is 13.4. The van der Waals surface area contributed by atoms with Crippen LogP contribution in [0.25, 0.3) is 5.70 Å². The summed E-state index contributed by atoms with van der Waals surface area (Å²) in [5.41, 5.74) is 2.00. The lowest BCUT2D eigenvalue weighted by molar-refractivity contribution is -0.138. The van der Waals surface area contributed by atoms with E-state index in [9.17, 15) is 18.3 Å². The van der Waals surface area contributed by atoms with Gasteiger partial charge >= 0.3 is 5.97 Å². The molecule has 6 nitrogen and oxygen atoms in total. The summed E-state index contributed by atoms with van der Waals surface area (Å²) in [6, 6.07) is 13.8. The lowest BCUT2D eigenvalue weighted by Crippen LogP contribution is -2.33. The maximum atomic E-state index is 13.4. The number of carbonyl (C=O) groups excluding carboxylic acids is 1. The number of phenols is 1. The monoisotopic (exact) mass is 473 g/mol. The third kappa shape index (κ3) is 4.02. The first-order valence-corrected chi connectivity index (χ1v) is 12.5. The summed E-state index contributed by atoms with van der Waals surface area (Å²) < 4.78 is 32.2. The van der Waals surface area contributed by atoms with Gasteiger partial charge in [-0.3, -0.25) is 0 Å². The normalized spacial score (nSPS) is 20.2. The molecule has 8 heteroatoms. The fourth-order valence-electron chi connectivity index (χ4n) is 4.33. The average Bonchev–Trinajstić information content (AvgIpc) is 2.91. The van der Waals surface area contributed by atoms with Crippen molar-refractivity contribution in [3.63, 3.8) is 0 Å². The van der Waals surface area contributed by atoms with Crippen molar-refractivity contribution in [2.75, 3.05) is 12.4 Å². The Labute approximate surface area is 192 Å². The molecule has 0 amide bonds. The van der Waals surface area contributed by atoms with Gasteiger partial charge in [0, 0.05) is 16.3 Å². The van der Waals surface area contributed by atoms with E-state index in [1.165, 1.54) is 6.07 Å². The molecule has 168 valence electrons. The molecule has 0 spiro atoms. The number of dihydropyridines is 1. The van der Waals surface area contributed by atoms with E-state index in [4.69, 9.17) is 16.3 Å². The topological polar surface area (TPSA) is 92.7 Å². The number of nitrogens with one attached hydrogen (secondary N) is 1. The van der Waals surface area contributed by atoms with Crippen LogP contribution in [0.1, 0.15) is 43.2 Å². The Kier molecular flexibility index (Phi) is 6.31. The van der Waals surface area contributed by atoms with Crippen LogP contribution < -0.4 is 5.32 Å². The molecule has 0 radical (unpaired) electrons. The highest BCUT2D eigenvalue weighted by atomic mass is 35.5. The number of carbonyl (C=O) groups is 1. The van der Waals surface area contributed by atoms with Gasteiger partial charge in [-0.25, -0.2) is 13.2 Å². The van der Waals surface area contributed by atoms with Crippen molar-refractivity contribution in [2.24, 2.45) is 0 Å². The van der Waals surface area contributed by atoms with Crippen molar-refractivity contribution in [1.29, 1.82) is 0 Å². The molecule has 2 N–H and O–H groups in total. The van der Waals surface area contributed by atoms with Crippen LogP contribution in [0.3, 0.4) is 0 Å². The fourth-order valence-corrected chi connectivity index (χ4v) is 6.54. The minimum absolute atomic E-state index is 0.0357. The van der Waals surface area contributed by atoms with E-state index in [-0.39, 0.29) is 39.2 Å². The number of esters is 1. The molecule has 0 aromatic heterocycles. The van der Waals surface area contributed by atoms with Gasteiger partial charge in [0.1, 0.15) is 5.75 Å². The molecule has 0 aliphatic carbocycles. The van der Waals surface area contributed by atoms with Gasteiger partial charge in [-0.1, -0.05) is 48.0 Å². The standard InChI is InChI=1S/C24H24ClNO5S/c1-2-31-24(28)21-20(19-16(25)11-8-13-18(19)27)23-17(12-6-7-14-32(23,29)30)26-22(21)15-9-4-3-5-10-15/h3-5,8-11,13,20,26-27H,2,6-7,12,14H2,1H3. The van der Waals surface area contributed by atoms with E-state index in [0.29, 0.717) is 36.2 Å². The number of sulfone groups is 1. The van der Waals surface area contributed by atoms with Crippen LogP contribution in [-0.2, 0) is 19.4 Å². The molecule has 2 aromatic rings. The van der Waals surface area contributed by atoms with Crippen molar-refractivity contribution in [2.45, 2.75) is 32.1 Å². The van der Waals surface area contributed by atoms with Crippen LogP contribution in [-0.4, -0.2) is 31.9 Å². The van der Waals surface area contributed by atoms with Gasteiger partial charge in [-0.15, -0.1) is 0 Å². The number of benzene rings is 2. The molecule has 1 unspecified atom stereocenters. The van der Waals surface area contributed by atoms with Crippen molar-refractivity contribution < 1.29 is 23.1 Å². The van der Waals surface area contributed by atoms with E-state index < -0.39 is 21.7 Å². The van der Waals surface area contributed by atoms with Crippen molar-refractivity contribution in [3.8, 4) is 5.75 Å². The zero-order valence-electron chi connectivity index (χ0n) is 17.6. The molecule has 2 aliphatic heterocycles. The molecular formula is C24H24ClNO5S. The number of ether oxygens (including phenoxy) is 1.